The molecule has 0 unspecified atom stereocenters. The minimum atomic E-state index is -0.811. The van der Waals surface area contributed by atoms with Gasteiger partial charge < -0.3 is 16.0 Å². The normalized spacial score (nSPS) is 19.1. The van der Waals surface area contributed by atoms with Crippen molar-refractivity contribution in [3.8, 4) is 11.1 Å². The first-order valence-corrected chi connectivity index (χ1v) is 8.19. The molecule has 0 aliphatic carbocycles. The van der Waals surface area contributed by atoms with Gasteiger partial charge in [0.25, 0.3) is 0 Å². The summed E-state index contributed by atoms with van der Waals surface area (Å²) < 4.78 is 13.1. The number of benzene rings is 2. The number of rotatable bonds is 4. The second-order valence-corrected chi connectivity index (χ2v) is 6.22. The lowest BCUT2D eigenvalue weighted by Gasteiger charge is -2.12. The molecule has 0 aromatic heterocycles. The quantitative estimate of drug-likeness (QED) is 0.771. The molecule has 2 aromatic rings. The van der Waals surface area contributed by atoms with Crippen molar-refractivity contribution < 1.29 is 9.18 Å². The molecule has 2 aromatic carbocycles. The summed E-state index contributed by atoms with van der Waals surface area (Å²) >= 11 is 0. The summed E-state index contributed by atoms with van der Waals surface area (Å²) in [7, 11) is 0. The van der Waals surface area contributed by atoms with Crippen LogP contribution in [-0.2, 0) is 0 Å². The van der Waals surface area contributed by atoms with Gasteiger partial charge in [0, 0.05) is 24.8 Å². The molecule has 6 heteroatoms. The summed E-state index contributed by atoms with van der Waals surface area (Å²) in [6.07, 6.45) is -0.361. The predicted octanol–water partition coefficient (Wildman–Crippen LogP) is 3.91. The molecule has 0 saturated carbocycles. The first-order valence-electron chi connectivity index (χ1n) is 8.19. The summed E-state index contributed by atoms with van der Waals surface area (Å²) in [5.74, 6) is 0. The van der Waals surface area contributed by atoms with Gasteiger partial charge >= 0.3 is 6.03 Å². The minimum Gasteiger partial charge on any atom is -0.336 e. The Kier molecular flexibility index (Phi) is 6.79. The number of aryl methyl sites for hydroxylation is 1. The zero-order valence-corrected chi connectivity index (χ0v) is 14.9. The number of anilines is 1. The molecule has 134 valence electrons. The Balaban J connectivity index is 0.00000225. The molecule has 1 saturated heterocycles. The molecule has 1 aliphatic rings. The van der Waals surface area contributed by atoms with Crippen LogP contribution < -0.4 is 16.0 Å². The van der Waals surface area contributed by atoms with Crippen molar-refractivity contribution in [2.75, 3.05) is 18.4 Å². The van der Waals surface area contributed by atoms with Crippen molar-refractivity contribution in [2.45, 2.75) is 25.6 Å². The number of carbonyl (C=O) groups is 1. The molecule has 3 N–H and O–H groups in total. The van der Waals surface area contributed by atoms with Gasteiger partial charge in [-0.15, -0.1) is 12.4 Å². The summed E-state index contributed by atoms with van der Waals surface area (Å²) in [5, 5.41) is 8.60. The minimum absolute atomic E-state index is 0. The highest BCUT2D eigenvalue weighted by Crippen LogP contribution is 2.21. The molecule has 2 amide bonds. The monoisotopic (exact) mass is 363 g/mol. The maximum Gasteiger partial charge on any atom is 0.319 e. The maximum atomic E-state index is 13.1. The van der Waals surface area contributed by atoms with E-state index < -0.39 is 6.17 Å². The van der Waals surface area contributed by atoms with E-state index >= 15 is 0 Å². The molecular weight excluding hydrogens is 341 g/mol. The predicted molar refractivity (Wildman–Crippen MR) is 102 cm³/mol. The Hall–Kier alpha value is -2.11. The van der Waals surface area contributed by atoms with Crippen LogP contribution in [0.1, 0.15) is 12.0 Å². The summed E-state index contributed by atoms with van der Waals surface area (Å²) in [5.41, 5.74) is 4.20. The lowest BCUT2D eigenvalue weighted by atomic mass is 10.0. The number of amides is 2. The van der Waals surface area contributed by atoms with Crippen molar-refractivity contribution in [3.05, 3.63) is 54.1 Å². The Labute approximate surface area is 153 Å². The van der Waals surface area contributed by atoms with E-state index in [0.29, 0.717) is 19.5 Å². The number of urea groups is 1. The van der Waals surface area contributed by atoms with E-state index in [1.807, 2.05) is 24.3 Å². The number of alkyl halides is 1. The molecular formula is C19H23ClFN3O. The standard InChI is InChI=1S/C19H22FN3O.ClH/c1-13-2-4-14(5-3-13)15-6-8-17(9-7-15)23-19(24)22-12-18-10-16(20)11-21-18;/h2-9,16,18,21H,10-12H2,1H3,(H2,22,23,24);1H/t16-,18-;/m0./s1. The van der Waals surface area contributed by atoms with E-state index in [1.165, 1.54) is 5.56 Å². The zero-order chi connectivity index (χ0) is 16.9. The van der Waals surface area contributed by atoms with E-state index in [9.17, 15) is 9.18 Å². The van der Waals surface area contributed by atoms with E-state index in [0.717, 1.165) is 16.8 Å². The number of hydrogen-bond donors (Lipinski definition) is 3. The number of halogens is 2. The second-order valence-electron chi connectivity index (χ2n) is 6.22. The van der Waals surface area contributed by atoms with Crippen LogP contribution in [0.5, 0.6) is 0 Å². The first-order chi connectivity index (χ1) is 11.6. The van der Waals surface area contributed by atoms with Gasteiger partial charge in [0.15, 0.2) is 0 Å². The van der Waals surface area contributed by atoms with Gasteiger partial charge in [-0.05, 0) is 36.6 Å². The van der Waals surface area contributed by atoms with Crippen molar-refractivity contribution >= 4 is 24.1 Å². The van der Waals surface area contributed by atoms with Gasteiger partial charge in [0.05, 0.1) is 0 Å². The Morgan fingerprint density at radius 2 is 1.72 bits per heavy atom. The number of carbonyl (C=O) groups excluding carboxylic acids is 1. The third-order valence-corrected chi connectivity index (χ3v) is 4.20. The van der Waals surface area contributed by atoms with Crippen LogP contribution in [0, 0.1) is 6.92 Å². The Morgan fingerprint density at radius 3 is 2.28 bits per heavy atom. The topological polar surface area (TPSA) is 53.2 Å². The van der Waals surface area contributed by atoms with E-state index in [-0.39, 0.29) is 24.5 Å². The number of nitrogens with one attached hydrogen (secondary N) is 3. The van der Waals surface area contributed by atoms with Crippen molar-refractivity contribution in [3.63, 3.8) is 0 Å². The average molecular weight is 364 g/mol. The molecule has 0 spiro atoms. The van der Waals surface area contributed by atoms with E-state index in [4.69, 9.17) is 0 Å². The van der Waals surface area contributed by atoms with Crippen LogP contribution >= 0.6 is 12.4 Å². The maximum absolute atomic E-state index is 13.1. The summed E-state index contributed by atoms with van der Waals surface area (Å²) in [4.78, 5) is 11.9. The van der Waals surface area contributed by atoms with Gasteiger partial charge in [0.2, 0.25) is 0 Å². The van der Waals surface area contributed by atoms with Gasteiger partial charge in [-0.3, -0.25) is 0 Å². The number of hydrogen-bond acceptors (Lipinski definition) is 2. The Morgan fingerprint density at radius 1 is 1.12 bits per heavy atom. The smallest absolute Gasteiger partial charge is 0.319 e. The molecule has 1 fully saturated rings. The van der Waals surface area contributed by atoms with Gasteiger partial charge in [-0.1, -0.05) is 42.0 Å². The van der Waals surface area contributed by atoms with Crippen LogP contribution in [0.2, 0.25) is 0 Å². The SMILES string of the molecule is Cc1ccc(-c2ccc(NC(=O)NC[C@@H]3C[C@H](F)CN3)cc2)cc1.Cl. The molecule has 1 aliphatic heterocycles. The molecule has 25 heavy (non-hydrogen) atoms. The zero-order valence-electron chi connectivity index (χ0n) is 14.1. The lowest BCUT2D eigenvalue weighted by Crippen LogP contribution is -2.39. The van der Waals surface area contributed by atoms with Crippen LogP contribution in [0.15, 0.2) is 48.5 Å². The van der Waals surface area contributed by atoms with Crippen LogP contribution in [0.4, 0.5) is 14.9 Å². The molecule has 3 rings (SSSR count). The van der Waals surface area contributed by atoms with E-state index in [1.54, 1.807) is 0 Å². The van der Waals surface area contributed by atoms with Crippen LogP contribution in [0.25, 0.3) is 11.1 Å². The van der Waals surface area contributed by atoms with Crippen molar-refractivity contribution in [1.82, 2.24) is 10.6 Å². The lowest BCUT2D eigenvalue weighted by molar-refractivity contribution is 0.251. The van der Waals surface area contributed by atoms with Gasteiger partial charge in [-0.25, -0.2) is 9.18 Å². The first kappa shape index (κ1) is 19.2. The molecule has 2 atom stereocenters. The fraction of sp³-hybridized carbons (Fsp3) is 0.316. The molecule has 1 heterocycles. The third kappa shape index (κ3) is 5.44. The second kappa shape index (κ2) is 8.83. The van der Waals surface area contributed by atoms with Crippen LogP contribution in [-0.4, -0.2) is 31.3 Å². The van der Waals surface area contributed by atoms with Crippen LogP contribution in [0.3, 0.4) is 0 Å². The summed E-state index contributed by atoms with van der Waals surface area (Å²) in [6, 6.07) is 15.8. The van der Waals surface area contributed by atoms with Gasteiger partial charge in [0.1, 0.15) is 6.17 Å². The van der Waals surface area contributed by atoms with Gasteiger partial charge in [-0.2, -0.15) is 0 Å². The summed E-state index contributed by atoms with van der Waals surface area (Å²) in [6.45, 7) is 2.85. The highest BCUT2D eigenvalue weighted by atomic mass is 35.5. The highest BCUT2D eigenvalue weighted by molar-refractivity contribution is 5.89. The fourth-order valence-corrected chi connectivity index (χ4v) is 2.81. The van der Waals surface area contributed by atoms with Crippen molar-refractivity contribution in [1.29, 1.82) is 0 Å². The highest BCUT2D eigenvalue weighted by Gasteiger charge is 2.23. The molecule has 0 bridgehead atoms. The Bertz CT molecular complexity index is 691. The largest absolute Gasteiger partial charge is 0.336 e. The van der Waals surface area contributed by atoms with E-state index in [2.05, 4.69) is 47.1 Å². The molecule has 0 radical (unpaired) electrons. The average Bonchev–Trinajstić information content (AvgIpc) is 3.00. The molecule has 4 nitrogen and oxygen atoms in total. The third-order valence-electron chi connectivity index (χ3n) is 4.20. The fourth-order valence-electron chi connectivity index (χ4n) is 2.81. The van der Waals surface area contributed by atoms with Crippen molar-refractivity contribution in [2.24, 2.45) is 0 Å².